The van der Waals surface area contributed by atoms with Gasteiger partial charge in [0, 0.05) is 22.0 Å². The zero-order valence-corrected chi connectivity index (χ0v) is 19.9. The van der Waals surface area contributed by atoms with Crippen LogP contribution in [0.25, 0.3) is 0 Å². The molecule has 1 aliphatic heterocycles. The molecule has 2 N–H and O–H groups in total. The summed E-state index contributed by atoms with van der Waals surface area (Å²) in [4.78, 5) is 15.1. The summed E-state index contributed by atoms with van der Waals surface area (Å²) in [7, 11) is 5.54. The number of rotatable bonds is 5. The summed E-state index contributed by atoms with van der Waals surface area (Å²) in [5.41, 5.74) is 2.15. The van der Waals surface area contributed by atoms with Gasteiger partial charge in [-0.3, -0.25) is 0 Å². The number of urea groups is 1. The van der Waals surface area contributed by atoms with Crippen LogP contribution < -0.4 is 20.1 Å². The van der Waals surface area contributed by atoms with Crippen LogP contribution in [0.3, 0.4) is 0 Å². The predicted molar refractivity (Wildman–Crippen MR) is 126 cm³/mol. The number of hydrogen-bond donors (Lipinski definition) is 2. The maximum atomic E-state index is 12.6. The number of para-hydroxylation sites is 1. The van der Waals surface area contributed by atoms with Crippen molar-refractivity contribution in [3.8, 4) is 11.5 Å². The van der Waals surface area contributed by atoms with E-state index in [1.165, 1.54) is 5.56 Å². The number of likely N-dealkylation sites (tertiary alicyclic amines) is 1. The van der Waals surface area contributed by atoms with E-state index in [9.17, 15) is 4.79 Å². The van der Waals surface area contributed by atoms with E-state index in [1.807, 2.05) is 30.3 Å². The molecule has 0 aromatic heterocycles. The highest BCUT2D eigenvalue weighted by atomic mass is 79.9. The lowest BCUT2D eigenvalue weighted by molar-refractivity contribution is 0.156. The first kappa shape index (κ1) is 22.0. The standard InChI is InChI=1S/C24H30BrN3O3/c1-28-13-12-24(16-8-9-20(30-2)21(14-16)31-3)11-10-17(15-22(24)28)26-23(29)27-19-7-5-4-6-18(19)25/h4-9,14,17,22H,10-13,15H2,1-3H3,(H2,26,27,29). The molecule has 2 aromatic rings. The Morgan fingerprint density at radius 3 is 2.65 bits per heavy atom. The SMILES string of the molecule is COc1ccc(C23CCC(NC(=O)Nc4ccccc4Br)CC2N(C)CC3)cc1OC. The van der Waals surface area contributed by atoms with E-state index in [-0.39, 0.29) is 17.5 Å². The van der Waals surface area contributed by atoms with Gasteiger partial charge in [-0.05, 0) is 85.0 Å². The van der Waals surface area contributed by atoms with Crippen molar-refractivity contribution < 1.29 is 14.3 Å². The quantitative estimate of drug-likeness (QED) is 0.636. The molecule has 1 aliphatic carbocycles. The Morgan fingerprint density at radius 2 is 1.90 bits per heavy atom. The first-order valence-electron chi connectivity index (χ1n) is 10.7. The van der Waals surface area contributed by atoms with Crippen molar-refractivity contribution in [1.82, 2.24) is 10.2 Å². The van der Waals surface area contributed by atoms with Crippen LogP contribution in [0.1, 0.15) is 31.2 Å². The second kappa shape index (κ2) is 9.09. The largest absolute Gasteiger partial charge is 0.493 e. The summed E-state index contributed by atoms with van der Waals surface area (Å²) in [6.45, 7) is 1.05. The molecule has 2 aliphatic rings. The van der Waals surface area contributed by atoms with Crippen LogP contribution in [0.4, 0.5) is 10.5 Å². The fraction of sp³-hybridized carbons (Fsp3) is 0.458. The van der Waals surface area contributed by atoms with Gasteiger partial charge in [-0.1, -0.05) is 18.2 Å². The molecule has 2 aromatic carbocycles. The van der Waals surface area contributed by atoms with Gasteiger partial charge in [-0.15, -0.1) is 0 Å². The second-order valence-electron chi connectivity index (χ2n) is 8.52. The molecule has 31 heavy (non-hydrogen) atoms. The van der Waals surface area contributed by atoms with E-state index in [0.29, 0.717) is 6.04 Å². The molecule has 3 atom stereocenters. The Kier molecular flexibility index (Phi) is 6.44. The predicted octanol–water partition coefficient (Wildman–Crippen LogP) is 4.78. The molecule has 0 bridgehead atoms. The molecule has 7 heteroatoms. The average Bonchev–Trinajstić information content (AvgIpc) is 3.12. The summed E-state index contributed by atoms with van der Waals surface area (Å²) in [5.74, 6) is 1.53. The highest BCUT2D eigenvalue weighted by molar-refractivity contribution is 9.10. The number of benzene rings is 2. The van der Waals surface area contributed by atoms with Gasteiger partial charge in [0.05, 0.1) is 19.9 Å². The Labute approximate surface area is 192 Å². The van der Waals surface area contributed by atoms with Crippen LogP contribution in [0, 0.1) is 0 Å². The van der Waals surface area contributed by atoms with Gasteiger partial charge >= 0.3 is 6.03 Å². The molecule has 1 saturated carbocycles. The van der Waals surface area contributed by atoms with Crippen molar-refractivity contribution in [3.63, 3.8) is 0 Å². The smallest absolute Gasteiger partial charge is 0.319 e. The first-order valence-corrected chi connectivity index (χ1v) is 11.5. The van der Waals surface area contributed by atoms with Gasteiger partial charge in [0.1, 0.15) is 0 Å². The van der Waals surface area contributed by atoms with E-state index in [4.69, 9.17) is 9.47 Å². The van der Waals surface area contributed by atoms with Crippen molar-refractivity contribution in [2.75, 3.05) is 33.1 Å². The van der Waals surface area contributed by atoms with Crippen LogP contribution in [-0.4, -0.2) is 50.8 Å². The summed E-state index contributed by atoms with van der Waals surface area (Å²) >= 11 is 3.48. The van der Waals surface area contributed by atoms with Gasteiger partial charge < -0.3 is 25.0 Å². The number of nitrogens with one attached hydrogen (secondary N) is 2. The minimum atomic E-state index is -0.156. The maximum Gasteiger partial charge on any atom is 0.319 e. The summed E-state index contributed by atoms with van der Waals surface area (Å²) in [5, 5.41) is 6.15. The molecule has 1 heterocycles. The molecule has 1 saturated heterocycles. The number of fused-ring (bicyclic) bond motifs is 1. The lowest BCUT2D eigenvalue weighted by atomic mass is 9.65. The van der Waals surface area contributed by atoms with Crippen molar-refractivity contribution in [2.24, 2.45) is 0 Å². The first-order chi connectivity index (χ1) is 15.0. The number of nitrogens with zero attached hydrogens (tertiary/aromatic N) is 1. The molecular formula is C24H30BrN3O3. The Morgan fingerprint density at radius 1 is 1.13 bits per heavy atom. The highest BCUT2D eigenvalue weighted by Crippen LogP contribution is 2.49. The molecule has 166 valence electrons. The monoisotopic (exact) mass is 487 g/mol. The van der Waals surface area contributed by atoms with Gasteiger partial charge in [0.25, 0.3) is 0 Å². The molecule has 2 amide bonds. The van der Waals surface area contributed by atoms with Gasteiger partial charge in [0.2, 0.25) is 0 Å². The maximum absolute atomic E-state index is 12.6. The van der Waals surface area contributed by atoms with Crippen LogP contribution in [-0.2, 0) is 5.41 Å². The molecule has 4 rings (SSSR count). The van der Waals surface area contributed by atoms with E-state index in [1.54, 1.807) is 14.2 Å². The molecule has 0 spiro atoms. The molecule has 2 fully saturated rings. The van der Waals surface area contributed by atoms with Crippen molar-refractivity contribution in [2.45, 2.75) is 43.2 Å². The van der Waals surface area contributed by atoms with Crippen LogP contribution in [0.15, 0.2) is 46.9 Å². The Hall–Kier alpha value is -2.25. The molecule has 6 nitrogen and oxygen atoms in total. The number of carbonyl (C=O) groups is 1. The van der Waals surface area contributed by atoms with Gasteiger partial charge in [0.15, 0.2) is 11.5 Å². The molecule has 0 radical (unpaired) electrons. The zero-order valence-electron chi connectivity index (χ0n) is 18.3. The summed E-state index contributed by atoms with van der Waals surface area (Å²) in [6.07, 6.45) is 4.01. The molecular weight excluding hydrogens is 458 g/mol. The van der Waals surface area contributed by atoms with Crippen LogP contribution in [0.5, 0.6) is 11.5 Å². The van der Waals surface area contributed by atoms with Gasteiger partial charge in [-0.2, -0.15) is 0 Å². The number of ether oxygens (including phenoxy) is 2. The van der Waals surface area contributed by atoms with Crippen LogP contribution >= 0.6 is 15.9 Å². The number of anilines is 1. The summed E-state index contributed by atoms with van der Waals surface area (Å²) < 4.78 is 11.9. The van der Waals surface area contributed by atoms with Crippen LogP contribution in [0.2, 0.25) is 0 Å². The lowest BCUT2D eigenvalue weighted by Gasteiger charge is -2.45. The number of likely N-dealkylation sites (N-methyl/N-ethyl adjacent to an activating group) is 1. The molecule has 3 unspecified atom stereocenters. The number of methoxy groups -OCH3 is 2. The average molecular weight is 488 g/mol. The third kappa shape index (κ3) is 4.26. The van der Waals surface area contributed by atoms with Crippen molar-refractivity contribution in [1.29, 1.82) is 0 Å². The van der Waals surface area contributed by atoms with E-state index >= 15 is 0 Å². The number of hydrogen-bond acceptors (Lipinski definition) is 4. The van der Waals surface area contributed by atoms with Crippen molar-refractivity contribution in [3.05, 3.63) is 52.5 Å². The van der Waals surface area contributed by atoms with E-state index in [2.05, 4.69) is 50.6 Å². The normalized spacial score (nSPS) is 25.5. The Bertz CT molecular complexity index is 953. The third-order valence-electron chi connectivity index (χ3n) is 6.94. The number of halogens is 1. The fourth-order valence-electron chi connectivity index (χ4n) is 5.30. The van der Waals surface area contributed by atoms with Crippen molar-refractivity contribution >= 4 is 27.6 Å². The van der Waals surface area contributed by atoms with E-state index in [0.717, 1.165) is 53.9 Å². The lowest BCUT2D eigenvalue weighted by Crippen LogP contribution is -2.52. The highest BCUT2D eigenvalue weighted by Gasteiger charge is 2.50. The minimum absolute atomic E-state index is 0.0748. The van der Waals surface area contributed by atoms with E-state index < -0.39 is 0 Å². The zero-order chi connectivity index (χ0) is 22.0. The Balaban J connectivity index is 1.49. The third-order valence-corrected chi connectivity index (χ3v) is 7.63. The fourth-order valence-corrected chi connectivity index (χ4v) is 5.68. The summed E-state index contributed by atoms with van der Waals surface area (Å²) in [6, 6.07) is 14.3. The topological polar surface area (TPSA) is 62.8 Å². The minimum Gasteiger partial charge on any atom is -0.493 e. The second-order valence-corrected chi connectivity index (χ2v) is 9.38. The number of carbonyl (C=O) groups excluding carboxylic acids is 1. The number of amides is 2. The van der Waals surface area contributed by atoms with Gasteiger partial charge in [-0.25, -0.2) is 4.79 Å².